The van der Waals surface area contributed by atoms with Gasteiger partial charge in [-0.25, -0.2) is 4.39 Å². The van der Waals surface area contributed by atoms with Gasteiger partial charge in [-0.05, 0) is 62.2 Å². The first kappa shape index (κ1) is 17.6. The van der Waals surface area contributed by atoms with Gasteiger partial charge in [0.2, 0.25) is 0 Å². The fourth-order valence-corrected chi connectivity index (χ4v) is 4.26. The van der Waals surface area contributed by atoms with Crippen LogP contribution in [-0.2, 0) is 25.9 Å². The number of hydrogen-bond acceptors (Lipinski definition) is 1. The van der Waals surface area contributed by atoms with Crippen LogP contribution in [0.15, 0.2) is 36.4 Å². The molecule has 0 saturated carbocycles. The maximum Gasteiger partial charge on any atom is 0.147 e. The van der Waals surface area contributed by atoms with Crippen molar-refractivity contribution in [3.05, 3.63) is 69.6 Å². The number of aryl methyl sites for hydroxylation is 3. The van der Waals surface area contributed by atoms with Gasteiger partial charge in [-0.2, -0.15) is 0 Å². The second-order valence-electron chi connectivity index (χ2n) is 7.51. The number of nitrogens with zero attached hydrogens (tertiary/aromatic N) is 2. The summed E-state index contributed by atoms with van der Waals surface area (Å²) in [5.41, 5.74) is 5.75. The molecule has 0 fully saturated rings. The third kappa shape index (κ3) is 2.93. The largest absolute Gasteiger partial charge is 0.341 e. The normalized spacial score (nSPS) is 17.7. The molecule has 0 N–H and O–H groups in total. The quantitative estimate of drug-likeness (QED) is 0.602. The van der Waals surface area contributed by atoms with Crippen LogP contribution in [0.3, 0.4) is 0 Å². The van der Waals surface area contributed by atoms with E-state index in [2.05, 4.69) is 42.5 Å². The van der Waals surface area contributed by atoms with Gasteiger partial charge in [-0.15, -0.1) is 0 Å². The van der Waals surface area contributed by atoms with Crippen LogP contribution in [-0.4, -0.2) is 22.6 Å². The highest BCUT2D eigenvalue weighted by atomic mass is 35.5. The van der Waals surface area contributed by atoms with Gasteiger partial charge >= 0.3 is 0 Å². The molecule has 26 heavy (non-hydrogen) atoms. The van der Waals surface area contributed by atoms with E-state index in [1.807, 2.05) is 18.2 Å². The Bertz CT molecular complexity index is 959. The zero-order valence-corrected chi connectivity index (χ0v) is 16.3. The Morgan fingerprint density at radius 3 is 2.62 bits per heavy atom. The molecule has 3 aromatic rings. The first-order chi connectivity index (χ1) is 12.5. The molecule has 1 aliphatic rings. The number of halogens is 2. The highest BCUT2D eigenvalue weighted by Crippen LogP contribution is 2.36. The van der Waals surface area contributed by atoms with Gasteiger partial charge in [0.25, 0.3) is 0 Å². The SMILES string of the molecule is Cc1ccc(F)c2c1c1c(n2CCc2ccc(Cl)cc2)CC(C)N(C)C1. The molecule has 0 aliphatic carbocycles. The standard InChI is InChI=1S/C22H24ClFN2/c1-14-4-9-19(24)22-21(14)18-13-25(3)15(2)12-20(18)26(22)11-10-16-5-7-17(23)8-6-16/h4-9,15H,10-13H2,1-3H3. The Hall–Kier alpha value is -1.84. The summed E-state index contributed by atoms with van der Waals surface area (Å²) >= 11 is 5.99. The van der Waals surface area contributed by atoms with Gasteiger partial charge in [-0.1, -0.05) is 29.8 Å². The number of aromatic nitrogens is 1. The molecule has 1 unspecified atom stereocenters. The number of likely N-dealkylation sites (N-methyl/N-ethyl adjacent to an activating group) is 1. The lowest BCUT2D eigenvalue weighted by Crippen LogP contribution is -2.35. The summed E-state index contributed by atoms with van der Waals surface area (Å²) in [5, 5.41) is 1.85. The topological polar surface area (TPSA) is 8.17 Å². The lowest BCUT2D eigenvalue weighted by molar-refractivity contribution is 0.228. The molecule has 0 bridgehead atoms. The third-order valence-electron chi connectivity index (χ3n) is 5.77. The first-order valence-corrected chi connectivity index (χ1v) is 9.57. The smallest absolute Gasteiger partial charge is 0.147 e. The minimum atomic E-state index is -0.119. The summed E-state index contributed by atoms with van der Waals surface area (Å²) in [6.07, 6.45) is 1.82. The number of benzene rings is 2. The fourth-order valence-electron chi connectivity index (χ4n) is 4.14. The van der Waals surface area contributed by atoms with Gasteiger partial charge in [0, 0.05) is 41.7 Å². The predicted molar refractivity (Wildman–Crippen MR) is 106 cm³/mol. The van der Waals surface area contributed by atoms with Crippen LogP contribution in [0.1, 0.15) is 29.3 Å². The Morgan fingerprint density at radius 1 is 1.15 bits per heavy atom. The van der Waals surface area contributed by atoms with Crippen LogP contribution in [0.4, 0.5) is 4.39 Å². The number of rotatable bonds is 3. The molecule has 4 rings (SSSR count). The summed E-state index contributed by atoms with van der Waals surface area (Å²) in [7, 11) is 2.15. The van der Waals surface area contributed by atoms with E-state index in [0.717, 1.165) is 47.4 Å². The van der Waals surface area contributed by atoms with Crippen LogP contribution in [0.5, 0.6) is 0 Å². The molecule has 0 spiro atoms. The molecule has 2 heterocycles. The van der Waals surface area contributed by atoms with Crippen LogP contribution < -0.4 is 0 Å². The van der Waals surface area contributed by atoms with E-state index in [9.17, 15) is 4.39 Å². The van der Waals surface area contributed by atoms with Crippen LogP contribution in [0, 0.1) is 12.7 Å². The maximum absolute atomic E-state index is 14.8. The molecule has 1 aromatic heterocycles. The molecular formula is C22H24ClFN2. The molecule has 4 heteroatoms. The second-order valence-corrected chi connectivity index (χ2v) is 7.95. The van der Waals surface area contributed by atoms with Crippen molar-refractivity contribution in [3.8, 4) is 0 Å². The van der Waals surface area contributed by atoms with Crippen LogP contribution >= 0.6 is 11.6 Å². The molecule has 2 aromatic carbocycles. The minimum absolute atomic E-state index is 0.119. The molecule has 0 saturated heterocycles. The average molecular weight is 371 g/mol. The Morgan fingerprint density at radius 2 is 1.88 bits per heavy atom. The summed E-state index contributed by atoms with van der Waals surface area (Å²) in [6, 6.07) is 11.9. The second kappa shape index (κ2) is 6.71. The minimum Gasteiger partial charge on any atom is -0.341 e. The summed E-state index contributed by atoms with van der Waals surface area (Å²) in [6.45, 7) is 5.99. The van der Waals surface area contributed by atoms with E-state index in [-0.39, 0.29) is 5.82 Å². The van der Waals surface area contributed by atoms with Crippen molar-refractivity contribution >= 4 is 22.5 Å². The lowest BCUT2D eigenvalue weighted by atomic mass is 9.98. The average Bonchev–Trinajstić information content (AvgIpc) is 2.93. The highest BCUT2D eigenvalue weighted by molar-refractivity contribution is 6.30. The van der Waals surface area contributed by atoms with Crippen molar-refractivity contribution in [2.75, 3.05) is 7.05 Å². The van der Waals surface area contributed by atoms with Gasteiger partial charge in [0.15, 0.2) is 0 Å². The maximum atomic E-state index is 14.8. The van der Waals surface area contributed by atoms with E-state index < -0.39 is 0 Å². The van der Waals surface area contributed by atoms with E-state index in [0.29, 0.717) is 6.04 Å². The Kier molecular flexibility index (Phi) is 4.54. The molecule has 136 valence electrons. The summed E-state index contributed by atoms with van der Waals surface area (Å²) in [4.78, 5) is 2.36. The summed E-state index contributed by atoms with van der Waals surface area (Å²) in [5.74, 6) is -0.119. The lowest BCUT2D eigenvalue weighted by Gasteiger charge is -2.31. The van der Waals surface area contributed by atoms with E-state index in [1.165, 1.54) is 16.8 Å². The summed E-state index contributed by atoms with van der Waals surface area (Å²) < 4.78 is 17.1. The van der Waals surface area contributed by atoms with Crippen molar-refractivity contribution in [1.82, 2.24) is 9.47 Å². The van der Waals surface area contributed by atoms with Crippen molar-refractivity contribution in [2.24, 2.45) is 0 Å². The zero-order chi connectivity index (χ0) is 18.4. The van der Waals surface area contributed by atoms with E-state index >= 15 is 0 Å². The molecule has 0 radical (unpaired) electrons. The van der Waals surface area contributed by atoms with Crippen molar-refractivity contribution < 1.29 is 4.39 Å². The highest BCUT2D eigenvalue weighted by Gasteiger charge is 2.28. The number of fused-ring (bicyclic) bond motifs is 3. The molecule has 2 nitrogen and oxygen atoms in total. The fraction of sp³-hybridized carbons (Fsp3) is 0.364. The monoisotopic (exact) mass is 370 g/mol. The molecule has 1 aliphatic heterocycles. The van der Waals surface area contributed by atoms with Gasteiger partial charge < -0.3 is 4.57 Å². The van der Waals surface area contributed by atoms with Crippen LogP contribution in [0.2, 0.25) is 5.02 Å². The third-order valence-corrected chi connectivity index (χ3v) is 6.02. The first-order valence-electron chi connectivity index (χ1n) is 9.19. The Labute approximate surface area is 159 Å². The van der Waals surface area contributed by atoms with Crippen molar-refractivity contribution in [3.63, 3.8) is 0 Å². The Balaban J connectivity index is 1.81. The molecular weight excluding hydrogens is 347 g/mol. The van der Waals surface area contributed by atoms with Crippen molar-refractivity contribution in [1.29, 1.82) is 0 Å². The molecule has 0 amide bonds. The van der Waals surface area contributed by atoms with E-state index in [1.54, 1.807) is 6.07 Å². The van der Waals surface area contributed by atoms with E-state index in [4.69, 9.17) is 11.6 Å². The predicted octanol–water partition coefficient (Wildman–Crippen LogP) is 5.36. The zero-order valence-electron chi connectivity index (χ0n) is 15.5. The van der Waals surface area contributed by atoms with Gasteiger partial charge in [0.05, 0.1) is 5.52 Å². The number of hydrogen-bond donors (Lipinski definition) is 0. The van der Waals surface area contributed by atoms with Crippen molar-refractivity contribution in [2.45, 2.75) is 45.8 Å². The molecule has 1 atom stereocenters. The van der Waals surface area contributed by atoms with Gasteiger partial charge in [0.1, 0.15) is 5.82 Å². The van der Waals surface area contributed by atoms with Gasteiger partial charge in [-0.3, -0.25) is 4.90 Å². The van der Waals surface area contributed by atoms with Crippen LogP contribution in [0.25, 0.3) is 10.9 Å².